The minimum absolute atomic E-state index is 0.0371. The normalized spacial score (nSPS) is 21.1. The molecular weight excluding hydrogens is 268 g/mol. The van der Waals surface area contributed by atoms with Crippen molar-refractivity contribution in [1.82, 2.24) is 9.88 Å². The first kappa shape index (κ1) is 12.4. The Morgan fingerprint density at radius 3 is 2.88 bits per heavy atom. The minimum Gasteiger partial charge on any atom is -0.451 e. The second kappa shape index (κ2) is 4.66. The molecule has 0 spiro atoms. The molecule has 1 amide bonds. The molecule has 0 radical (unpaired) electrons. The van der Waals surface area contributed by atoms with Gasteiger partial charge in [-0.1, -0.05) is 0 Å². The molecule has 17 heavy (non-hydrogen) atoms. The summed E-state index contributed by atoms with van der Waals surface area (Å²) in [6.07, 6.45) is 3.31. The van der Waals surface area contributed by atoms with E-state index in [1.165, 1.54) is 17.6 Å². The van der Waals surface area contributed by atoms with Crippen LogP contribution in [0.15, 0.2) is 17.1 Å². The van der Waals surface area contributed by atoms with E-state index in [1.807, 2.05) is 0 Å². The number of rotatable bonds is 4. The summed E-state index contributed by atoms with van der Waals surface area (Å²) in [7, 11) is 1.57. The molecule has 1 atom stereocenters. The van der Waals surface area contributed by atoms with Crippen molar-refractivity contribution in [2.24, 2.45) is 0 Å². The first-order valence-corrected chi connectivity index (χ1v) is 7.42. The van der Waals surface area contributed by atoms with Crippen molar-refractivity contribution in [1.29, 1.82) is 0 Å². The Hall–Kier alpha value is -1.08. The van der Waals surface area contributed by atoms with Crippen molar-refractivity contribution in [2.45, 2.75) is 18.1 Å². The number of carbonyl (C=O) groups is 1. The zero-order valence-corrected chi connectivity index (χ0v) is 10.4. The molecule has 1 unspecified atom stereocenters. The van der Waals surface area contributed by atoms with Crippen molar-refractivity contribution in [3.05, 3.63) is 18.4 Å². The van der Waals surface area contributed by atoms with Gasteiger partial charge in [0.1, 0.15) is 11.5 Å². The minimum atomic E-state index is -3.66. The number of hydrogen-bond acceptors (Lipinski definition) is 5. The average Bonchev–Trinajstić information content (AvgIpc) is 2.83. The predicted molar refractivity (Wildman–Crippen MR) is 60.0 cm³/mol. The van der Waals surface area contributed by atoms with Gasteiger partial charge < -0.3 is 9.32 Å². The zero-order chi connectivity index (χ0) is 12.5. The van der Waals surface area contributed by atoms with Crippen molar-refractivity contribution in [2.75, 3.05) is 13.1 Å². The molecule has 0 saturated carbocycles. The monoisotopic (exact) mass is 278 g/mol. The molecule has 1 aliphatic heterocycles. The number of likely N-dealkylation sites (tertiary alicyclic amines) is 1. The van der Waals surface area contributed by atoms with Crippen LogP contribution in [0.25, 0.3) is 0 Å². The zero-order valence-electron chi connectivity index (χ0n) is 8.87. The van der Waals surface area contributed by atoms with Crippen LogP contribution in [0, 0.1) is 0 Å². The molecule has 2 rings (SSSR count). The maximum atomic E-state index is 11.5. The lowest BCUT2D eigenvalue weighted by Gasteiger charge is -2.14. The largest absolute Gasteiger partial charge is 0.451 e. The molecular formula is C9H11ClN2O4S. The second-order valence-corrected chi connectivity index (χ2v) is 6.78. The third-order valence-electron chi connectivity index (χ3n) is 2.70. The molecule has 8 heteroatoms. The highest BCUT2D eigenvalue weighted by Crippen LogP contribution is 2.21. The summed E-state index contributed by atoms with van der Waals surface area (Å²) in [5, 5.41) is -0.797. The van der Waals surface area contributed by atoms with E-state index in [2.05, 4.69) is 4.98 Å². The van der Waals surface area contributed by atoms with E-state index in [0.717, 1.165) is 5.69 Å². The molecule has 1 aliphatic rings. The topological polar surface area (TPSA) is 80.5 Å². The van der Waals surface area contributed by atoms with Gasteiger partial charge in [0.25, 0.3) is 0 Å². The number of aromatic nitrogens is 1. The van der Waals surface area contributed by atoms with E-state index >= 15 is 0 Å². The number of hydrogen-bond donors (Lipinski definition) is 0. The molecule has 6 nitrogen and oxygen atoms in total. The van der Waals surface area contributed by atoms with E-state index in [4.69, 9.17) is 15.1 Å². The highest BCUT2D eigenvalue weighted by Gasteiger charge is 2.36. The lowest BCUT2D eigenvalue weighted by Crippen LogP contribution is -2.29. The van der Waals surface area contributed by atoms with Gasteiger partial charge >= 0.3 is 0 Å². The summed E-state index contributed by atoms with van der Waals surface area (Å²) in [5.74, 6) is -0.192. The third kappa shape index (κ3) is 2.98. The Balaban J connectivity index is 1.93. The molecule has 0 aromatic carbocycles. The fraction of sp³-hybridized carbons (Fsp3) is 0.556. The van der Waals surface area contributed by atoms with Crippen LogP contribution in [0.5, 0.6) is 0 Å². The number of oxazole rings is 1. The van der Waals surface area contributed by atoms with Crippen molar-refractivity contribution >= 4 is 25.6 Å². The van der Waals surface area contributed by atoms with Gasteiger partial charge in [0.2, 0.25) is 15.0 Å². The highest BCUT2D eigenvalue weighted by molar-refractivity contribution is 8.14. The highest BCUT2D eigenvalue weighted by atomic mass is 35.7. The fourth-order valence-electron chi connectivity index (χ4n) is 1.75. The first-order chi connectivity index (χ1) is 7.97. The number of amides is 1. The summed E-state index contributed by atoms with van der Waals surface area (Å²) in [4.78, 5) is 17.0. The molecule has 1 saturated heterocycles. The van der Waals surface area contributed by atoms with Gasteiger partial charge in [0, 0.05) is 36.6 Å². The molecule has 1 aromatic heterocycles. The lowest BCUT2D eigenvalue weighted by atomic mass is 10.3. The summed E-state index contributed by atoms with van der Waals surface area (Å²) in [6, 6.07) is 0. The number of carbonyl (C=O) groups excluding carboxylic acids is 1. The fourth-order valence-corrected chi connectivity index (χ4v) is 2.81. The van der Waals surface area contributed by atoms with Gasteiger partial charge in [-0.25, -0.2) is 13.4 Å². The quantitative estimate of drug-likeness (QED) is 0.744. The predicted octanol–water partition coefficient (Wildman–Crippen LogP) is 0.387. The maximum Gasteiger partial charge on any atom is 0.237 e. The van der Waals surface area contributed by atoms with Crippen LogP contribution in [0.3, 0.4) is 0 Å². The Labute approximate surface area is 103 Å². The van der Waals surface area contributed by atoms with Crippen LogP contribution < -0.4 is 0 Å². The average molecular weight is 279 g/mol. The Kier molecular flexibility index (Phi) is 3.39. The van der Waals surface area contributed by atoms with E-state index < -0.39 is 14.3 Å². The van der Waals surface area contributed by atoms with E-state index in [9.17, 15) is 13.2 Å². The van der Waals surface area contributed by atoms with Crippen LogP contribution in [-0.2, 0) is 20.3 Å². The van der Waals surface area contributed by atoms with Crippen LogP contribution >= 0.6 is 10.7 Å². The maximum absolute atomic E-state index is 11.5. The number of nitrogens with zero attached hydrogens (tertiary/aromatic N) is 2. The van der Waals surface area contributed by atoms with Crippen molar-refractivity contribution in [3.8, 4) is 0 Å². The standard InChI is InChI=1S/C9H11ClN2O4S/c10-17(14,15)8-3-9(13)12(4-8)2-1-7-5-16-6-11-7/h5-6,8H,1-4H2. The Morgan fingerprint density at radius 2 is 2.35 bits per heavy atom. The van der Waals surface area contributed by atoms with Crippen LogP contribution in [0.1, 0.15) is 12.1 Å². The van der Waals surface area contributed by atoms with Crippen molar-refractivity contribution in [3.63, 3.8) is 0 Å². The van der Waals surface area contributed by atoms with Crippen LogP contribution in [-0.4, -0.2) is 42.5 Å². The van der Waals surface area contributed by atoms with Gasteiger partial charge in [-0.15, -0.1) is 0 Å². The molecule has 2 heterocycles. The summed E-state index contributed by atoms with van der Waals surface area (Å²) < 4.78 is 27.0. The van der Waals surface area contributed by atoms with Gasteiger partial charge in [-0.05, 0) is 0 Å². The van der Waals surface area contributed by atoms with Gasteiger partial charge in [0.05, 0.1) is 5.69 Å². The summed E-state index contributed by atoms with van der Waals surface area (Å²) in [6.45, 7) is 0.580. The second-order valence-electron chi connectivity index (χ2n) is 3.87. The first-order valence-electron chi connectivity index (χ1n) is 5.05. The molecule has 94 valence electrons. The molecule has 0 aliphatic carbocycles. The smallest absolute Gasteiger partial charge is 0.237 e. The van der Waals surface area contributed by atoms with Gasteiger partial charge in [-0.3, -0.25) is 4.79 Å². The third-order valence-corrected chi connectivity index (χ3v) is 4.57. The van der Waals surface area contributed by atoms with E-state index in [0.29, 0.717) is 13.0 Å². The number of halogens is 1. The molecule has 1 fully saturated rings. The summed E-state index contributed by atoms with van der Waals surface area (Å²) in [5.41, 5.74) is 0.731. The summed E-state index contributed by atoms with van der Waals surface area (Å²) >= 11 is 0. The van der Waals surface area contributed by atoms with E-state index in [-0.39, 0.29) is 18.9 Å². The van der Waals surface area contributed by atoms with Crippen molar-refractivity contribution < 1.29 is 17.6 Å². The van der Waals surface area contributed by atoms with Gasteiger partial charge in [-0.2, -0.15) is 0 Å². The SMILES string of the molecule is O=C1CC(S(=O)(=O)Cl)CN1CCc1cocn1. The van der Waals surface area contributed by atoms with Crippen LogP contribution in [0.4, 0.5) is 0 Å². The lowest BCUT2D eigenvalue weighted by molar-refractivity contribution is -0.127. The Bertz CT molecular complexity index is 499. The molecule has 0 bridgehead atoms. The Morgan fingerprint density at radius 1 is 1.59 bits per heavy atom. The van der Waals surface area contributed by atoms with Gasteiger partial charge in [0.15, 0.2) is 6.39 Å². The van der Waals surface area contributed by atoms with Crippen LogP contribution in [0.2, 0.25) is 0 Å². The molecule has 0 N–H and O–H groups in total. The molecule has 1 aromatic rings. The van der Waals surface area contributed by atoms with E-state index in [1.54, 1.807) is 0 Å².